The second-order valence-corrected chi connectivity index (χ2v) is 5.55. The van der Waals surface area contributed by atoms with Gasteiger partial charge >= 0.3 is 12.1 Å². The molecule has 0 aliphatic carbocycles. The van der Waals surface area contributed by atoms with Gasteiger partial charge in [0.15, 0.2) is 0 Å². The van der Waals surface area contributed by atoms with E-state index in [9.17, 15) is 9.59 Å². The van der Waals surface area contributed by atoms with Crippen LogP contribution in [0.1, 0.15) is 27.7 Å². The van der Waals surface area contributed by atoms with Crippen LogP contribution >= 0.6 is 0 Å². The first-order chi connectivity index (χ1) is 8.81. The van der Waals surface area contributed by atoms with Crippen molar-refractivity contribution in [1.82, 2.24) is 9.80 Å². The molecule has 0 aromatic heterocycles. The van der Waals surface area contributed by atoms with Crippen molar-refractivity contribution in [3.8, 4) is 0 Å². The quantitative estimate of drug-likeness (QED) is 0.720. The first-order valence-corrected chi connectivity index (χ1v) is 6.67. The van der Waals surface area contributed by atoms with Crippen molar-refractivity contribution >= 4 is 12.1 Å². The van der Waals surface area contributed by atoms with Crippen molar-refractivity contribution in [1.29, 1.82) is 0 Å². The first kappa shape index (κ1) is 15.8. The van der Waals surface area contributed by atoms with Crippen molar-refractivity contribution in [2.75, 3.05) is 39.3 Å². The van der Waals surface area contributed by atoms with Crippen LogP contribution in [0.3, 0.4) is 0 Å². The zero-order chi connectivity index (χ0) is 14.5. The number of carbonyl (C=O) groups is 2. The fourth-order valence-electron chi connectivity index (χ4n) is 1.86. The largest absolute Gasteiger partial charge is 0.459 e. The summed E-state index contributed by atoms with van der Waals surface area (Å²) in [5.41, 5.74) is -0.455. The van der Waals surface area contributed by atoms with E-state index in [4.69, 9.17) is 9.47 Å². The summed E-state index contributed by atoms with van der Waals surface area (Å²) < 4.78 is 10.2. The van der Waals surface area contributed by atoms with Crippen LogP contribution in [-0.2, 0) is 14.3 Å². The molecule has 0 unspecified atom stereocenters. The molecule has 1 heterocycles. The summed E-state index contributed by atoms with van der Waals surface area (Å²) >= 11 is 0. The molecule has 19 heavy (non-hydrogen) atoms. The van der Waals surface area contributed by atoms with Crippen molar-refractivity contribution in [3.63, 3.8) is 0 Å². The lowest BCUT2D eigenvalue weighted by molar-refractivity contribution is -0.156. The van der Waals surface area contributed by atoms with Crippen LogP contribution in [0.5, 0.6) is 0 Å². The lowest BCUT2D eigenvalue weighted by Crippen LogP contribution is -2.50. The lowest BCUT2D eigenvalue weighted by atomic mass is 10.2. The Labute approximate surface area is 114 Å². The van der Waals surface area contributed by atoms with E-state index >= 15 is 0 Å². The van der Waals surface area contributed by atoms with Gasteiger partial charge in [-0.2, -0.15) is 0 Å². The normalized spacial score (nSPS) is 17.2. The van der Waals surface area contributed by atoms with Crippen LogP contribution in [0.25, 0.3) is 0 Å². The maximum Gasteiger partial charge on any atom is 0.409 e. The molecular formula is C13H24N2O4. The van der Waals surface area contributed by atoms with Crippen molar-refractivity contribution < 1.29 is 19.1 Å². The fraction of sp³-hybridized carbons (Fsp3) is 0.846. The topological polar surface area (TPSA) is 59.1 Å². The third-order valence-corrected chi connectivity index (χ3v) is 2.67. The standard InChI is InChI=1S/C13H24N2O4/c1-5-18-12(17)15-8-6-14(7-9-15)10-11(16)19-13(2,3)4/h5-10H2,1-4H3. The molecule has 0 aromatic rings. The molecule has 0 atom stereocenters. The average molecular weight is 272 g/mol. The minimum absolute atomic E-state index is 0.225. The number of rotatable bonds is 3. The number of piperazine rings is 1. The molecule has 0 spiro atoms. The number of ether oxygens (including phenoxy) is 2. The molecule has 1 amide bonds. The Morgan fingerprint density at radius 1 is 1.11 bits per heavy atom. The maximum absolute atomic E-state index is 11.7. The van der Waals surface area contributed by atoms with E-state index in [0.29, 0.717) is 32.8 Å². The van der Waals surface area contributed by atoms with Gasteiger partial charge in [0.25, 0.3) is 0 Å². The molecule has 0 N–H and O–H groups in total. The van der Waals surface area contributed by atoms with Crippen LogP contribution in [0.15, 0.2) is 0 Å². The van der Waals surface area contributed by atoms with E-state index < -0.39 is 5.60 Å². The molecule has 1 rings (SSSR count). The van der Waals surface area contributed by atoms with Crippen LogP contribution in [0.4, 0.5) is 4.79 Å². The van der Waals surface area contributed by atoms with Gasteiger partial charge in [0, 0.05) is 26.2 Å². The van der Waals surface area contributed by atoms with E-state index in [-0.39, 0.29) is 18.6 Å². The number of carbonyl (C=O) groups excluding carboxylic acids is 2. The number of nitrogens with zero attached hydrogens (tertiary/aromatic N) is 2. The maximum atomic E-state index is 11.7. The Bertz CT molecular complexity index is 317. The highest BCUT2D eigenvalue weighted by Crippen LogP contribution is 2.09. The molecule has 110 valence electrons. The molecule has 1 fully saturated rings. The summed E-state index contributed by atoms with van der Waals surface area (Å²) in [4.78, 5) is 26.8. The molecule has 0 saturated carbocycles. The van der Waals surface area contributed by atoms with Crippen molar-refractivity contribution in [2.45, 2.75) is 33.3 Å². The number of hydrogen-bond acceptors (Lipinski definition) is 5. The van der Waals surface area contributed by atoms with Gasteiger partial charge in [-0.05, 0) is 27.7 Å². The average Bonchev–Trinajstić information content (AvgIpc) is 2.27. The van der Waals surface area contributed by atoms with Gasteiger partial charge in [0.1, 0.15) is 5.60 Å². The summed E-state index contributed by atoms with van der Waals surface area (Å²) in [5.74, 6) is -0.225. The molecular weight excluding hydrogens is 248 g/mol. The summed E-state index contributed by atoms with van der Waals surface area (Å²) in [6, 6.07) is 0. The van der Waals surface area contributed by atoms with Crippen LogP contribution in [0.2, 0.25) is 0 Å². The van der Waals surface area contributed by atoms with Gasteiger partial charge in [-0.1, -0.05) is 0 Å². The smallest absolute Gasteiger partial charge is 0.409 e. The number of hydrogen-bond donors (Lipinski definition) is 0. The molecule has 1 saturated heterocycles. The van der Waals surface area contributed by atoms with Gasteiger partial charge in [-0.3, -0.25) is 9.69 Å². The first-order valence-electron chi connectivity index (χ1n) is 6.67. The Morgan fingerprint density at radius 2 is 1.68 bits per heavy atom. The second kappa shape index (κ2) is 6.75. The Hall–Kier alpha value is -1.30. The number of amides is 1. The summed E-state index contributed by atoms with van der Waals surface area (Å²) in [5, 5.41) is 0. The zero-order valence-electron chi connectivity index (χ0n) is 12.3. The van der Waals surface area contributed by atoms with Gasteiger partial charge < -0.3 is 14.4 Å². The number of esters is 1. The highest BCUT2D eigenvalue weighted by molar-refractivity contribution is 5.72. The van der Waals surface area contributed by atoms with Crippen LogP contribution in [0, 0.1) is 0 Å². The molecule has 0 radical (unpaired) electrons. The van der Waals surface area contributed by atoms with Gasteiger partial charge in [-0.25, -0.2) is 4.79 Å². The second-order valence-electron chi connectivity index (χ2n) is 5.55. The monoisotopic (exact) mass is 272 g/mol. The Balaban J connectivity index is 2.30. The summed E-state index contributed by atoms with van der Waals surface area (Å²) in [7, 11) is 0. The van der Waals surface area contributed by atoms with Crippen LogP contribution in [-0.4, -0.2) is 66.8 Å². The minimum Gasteiger partial charge on any atom is -0.459 e. The summed E-state index contributed by atoms with van der Waals surface area (Å²) in [6.45, 7) is 10.5. The van der Waals surface area contributed by atoms with E-state index in [1.807, 2.05) is 25.7 Å². The van der Waals surface area contributed by atoms with Gasteiger partial charge in [0.2, 0.25) is 0 Å². The Kier molecular flexibility index (Phi) is 5.60. The van der Waals surface area contributed by atoms with Crippen LogP contribution < -0.4 is 0 Å². The summed E-state index contributed by atoms with van der Waals surface area (Å²) in [6.07, 6.45) is -0.278. The molecule has 6 nitrogen and oxygen atoms in total. The SMILES string of the molecule is CCOC(=O)N1CCN(CC(=O)OC(C)(C)C)CC1. The zero-order valence-corrected chi connectivity index (χ0v) is 12.3. The predicted octanol–water partition coefficient (Wildman–Crippen LogP) is 1.10. The molecule has 0 aromatic carbocycles. The third kappa shape index (κ3) is 5.92. The highest BCUT2D eigenvalue weighted by Gasteiger charge is 2.24. The molecule has 1 aliphatic heterocycles. The highest BCUT2D eigenvalue weighted by atomic mass is 16.6. The van der Waals surface area contributed by atoms with Gasteiger partial charge in [-0.15, -0.1) is 0 Å². The van der Waals surface area contributed by atoms with Gasteiger partial charge in [0.05, 0.1) is 13.2 Å². The Morgan fingerprint density at radius 3 is 2.16 bits per heavy atom. The van der Waals surface area contributed by atoms with Crippen molar-refractivity contribution in [2.24, 2.45) is 0 Å². The predicted molar refractivity (Wildman–Crippen MR) is 70.9 cm³/mol. The van der Waals surface area contributed by atoms with E-state index in [2.05, 4.69) is 0 Å². The van der Waals surface area contributed by atoms with E-state index in [0.717, 1.165) is 0 Å². The molecule has 0 bridgehead atoms. The lowest BCUT2D eigenvalue weighted by Gasteiger charge is -2.33. The fourth-order valence-corrected chi connectivity index (χ4v) is 1.86. The molecule has 6 heteroatoms. The van der Waals surface area contributed by atoms with E-state index in [1.165, 1.54) is 0 Å². The minimum atomic E-state index is -0.455. The third-order valence-electron chi connectivity index (χ3n) is 2.67. The molecule has 1 aliphatic rings. The van der Waals surface area contributed by atoms with Crippen molar-refractivity contribution in [3.05, 3.63) is 0 Å². The van der Waals surface area contributed by atoms with E-state index in [1.54, 1.807) is 11.8 Å².